The molecular weight excluding hydrogens is 274 g/mol. The van der Waals surface area contributed by atoms with Gasteiger partial charge in [0.2, 0.25) is 0 Å². The SMILES string of the molecule is CC(C(N)Cc1ccn(C2CCCCC2)n1)S(C)(=O)=O. The van der Waals surface area contributed by atoms with Crippen LogP contribution in [0.25, 0.3) is 0 Å². The lowest BCUT2D eigenvalue weighted by atomic mass is 9.96. The third-order valence-corrected chi connectivity index (χ3v) is 6.04. The van der Waals surface area contributed by atoms with Crippen LogP contribution in [0.2, 0.25) is 0 Å². The molecular formula is C14H25N3O2S. The van der Waals surface area contributed by atoms with E-state index in [4.69, 9.17) is 5.73 Å². The Kier molecular flexibility index (Phi) is 4.86. The van der Waals surface area contributed by atoms with Crippen LogP contribution < -0.4 is 5.73 Å². The zero-order valence-corrected chi connectivity index (χ0v) is 13.1. The number of hydrogen-bond donors (Lipinski definition) is 1. The molecule has 1 aromatic rings. The van der Waals surface area contributed by atoms with Crippen molar-refractivity contribution in [3.8, 4) is 0 Å². The molecule has 2 N–H and O–H groups in total. The van der Waals surface area contributed by atoms with Gasteiger partial charge < -0.3 is 5.73 Å². The summed E-state index contributed by atoms with van der Waals surface area (Å²) in [6.45, 7) is 1.66. The van der Waals surface area contributed by atoms with Crippen LogP contribution in [0.3, 0.4) is 0 Å². The highest BCUT2D eigenvalue weighted by Gasteiger charge is 2.24. The highest BCUT2D eigenvalue weighted by molar-refractivity contribution is 7.91. The first kappa shape index (κ1) is 15.5. The van der Waals surface area contributed by atoms with Gasteiger partial charge in [-0.1, -0.05) is 19.3 Å². The fourth-order valence-electron chi connectivity index (χ4n) is 2.76. The van der Waals surface area contributed by atoms with Gasteiger partial charge in [-0.25, -0.2) is 8.42 Å². The van der Waals surface area contributed by atoms with Gasteiger partial charge in [0.05, 0.1) is 17.0 Å². The maximum Gasteiger partial charge on any atom is 0.151 e. The Bertz CT molecular complexity index is 532. The average Bonchev–Trinajstić information content (AvgIpc) is 2.86. The monoisotopic (exact) mass is 299 g/mol. The van der Waals surface area contributed by atoms with Crippen LogP contribution in [-0.2, 0) is 16.3 Å². The Balaban J connectivity index is 1.98. The minimum atomic E-state index is -3.10. The minimum Gasteiger partial charge on any atom is -0.326 e. The first-order chi connectivity index (χ1) is 9.38. The van der Waals surface area contributed by atoms with Crippen molar-refractivity contribution >= 4 is 9.84 Å². The van der Waals surface area contributed by atoms with Crippen molar-refractivity contribution in [2.24, 2.45) is 5.73 Å². The Labute approximate surface area is 121 Å². The first-order valence-electron chi connectivity index (χ1n) is 7.36. The standard InChI is InChI=1S/C14H25N3O2S/c1-11(20(2,18)19)14(15)10-12-8-9-17(16-12)13-6-4-3-5-7-13/h8-9,11,13-14H,3-7,10,15H2,1-2H3. The van der Waals surface area contributed by atoms with Crippen molar-refractivity contribution in [2.45, 2.75) is 62.8 Å². The fourth-order valence-corrected chi connectivity index (χ4v) is 3.49. The van der Waals surface area contributed by atoms with Gasteiger partial charge in [0.15, 0.2) is 9.84 Å². The smallest absolute Gasteiger partial charge is 0.151 e. The van der Waals surface area contributed by atoms with Crippen LogP contribution in [0.4, 0.5) is 0 Å². The maximum absolute atomic E-state index is 11.5. The summed E-state index contributed by atoms with van der Waals surface area (Å²) < 4.78 is 25.1. The molecule has 0 saturated heterocycles. The molecule has 114 valence electrons. The summed E-state index contributed by atoms with van der Waals surface area (Å²) in [4.78, 5) is 0. The summed E-state index contributed by atoms with van der Waals surface area (Å²) in [5.74, 6) is 0. The van der Waals surface area contributed by atoms with Crippen molar-refractivity contribution in [1.82, 2.24) is 9.78 Å². The van der Waals surface area contributed by atoms with Crippen molar-refractivity contribution in [3.63, 3.8) is 0 Å². The predicted octanol–water partition coefficient (Wildman–Crippen LogP) is 1.69. The average molecular weight is 299 g/mol. The zero-order valence-electron chi connectivity index (χ0n) is 12.3. The summed E-state index contributed by atoms with van der Waals surface area (Å²) >= 11 is 0. The van der Waals surface area contributed by atoms with Crippen LogP contribution in [0.15, 0.2) is 12.3 Å². The number of nitrogens with zero attached hydrogens (tertiary/aromatic N) is 2. The van der Waals surface area contributed by atoms with Gasteiger partial charge in [-0.15, -0.1) is 0 Å². The van der Waals surface area contributed by atoms with E-state index in [1.165, 1.54) is 38.4 Å². The van der Waals surface area contributed by atoms with E-state index in [1.807, 2.05) is 16.9 Å². The third kappa shape index (κ3) is 3.82. The molecule has 0 radical (unpaired) electrons. The van der Waals surface area contributed by atoms with Crippen molar-refractivity contribution in [2.75, 3.05) is 6.26 Å². The molecule has 5 nitrogen and oxygen atoms in total. The van der Waals surface area contributed by atoms with E-state index in [2.05, 4.69) is 5.10 Å². The Morgan fingerprint density at radius 3 is 2.65 bits per heavy atom. The number of sulfone groups is 1. The third-order valence-electron chi connectivity index (χ3n) is 4.34. The van der Waals surface area contributed by atoms with Gasteiger partial charge in [-0.05, 0) is 25.8 Å². The van der Waals surface area contributed by atoms with Crippen LogP contribution in [-0.4, -0.2) is 35.7 Å². The molecule has 0 aliphatic heterocycles. The second-order valence-electron chi connectivity index (χ2n) is 5.98. The topological polar surface area (TPSA) is 78.0 Å². The van der Waals surface area contributed by atoms with Gasteiger partial charge in [0.25, 0.3) is 0 Å². The summed E-state index contributed by atoms with van der Waals surface area (Å²) in [5.41, 5.74) is 6.88. The van der Waals surface area contributed by atoms with Gasteiger partial charge in [0.1, 0.15) is 0 Å². The van der Waals surface area contributed by atoms with Gasteiger partial charge in [-0.3, -0.25) is 4.68 Å². The second kappa shape index (κ2) is 6.26. The summed E-state index contributed by atoms with van der Waals surface area (Å²) in [6, 6.07) is 2.06. The summed E-state index contributed by atoms with van der Waals surface area (Å²) in [6.07, 6.45) is 9.98. The first-order valence-corrected chi connectivity index (χ1v) is 9.32. The quantitative estimate of drug-likeness (QED) is 0.897. The molecule has 0 bridgehead atoms. The van der Waals surface area contributed by atoms with E-state index >= 15 is 0 Å². The molecule has 1 aliphatic rings. The van der Waals surface area contributed by atoms with E-state index in [-0.39, 0.29) is 0 Å². The van der Waals surface area contributed by atoms with E-state index < -0.39 is 21.1 Å². The van der Waals surface area contributed by atoms with Crippen molar-refractivity contribution in [3.05, 3.63) is 18.0 Å². The molecule has 1 saturated carbocycles. The Hall–Kier alpha value is -0.880. The molecule has 0 aromatic carbocycles. The predicted molar refractivity (Wildman–Crippen MR) is 80.3 cm³/mol. The van der Waals surface area contributed by atoms with Crippen LogP contribution >= 0.6 is 0 Å². The largest absolute Gasteiger partial charge is 0.326 e. The molecule has 20 heavy (non-hydrogen) atoms. The molecule has 1 heterocycles. The number of hydrogen-bond acceptors (Lipinski definition) is 4. The van der Waals surface area contributed by atoms with Crippen LogP contribution in [0.5, 0.6) is 0 Å². The van der Waals surface area contributed by atoms with E-state index in [0.29, 0.717) is 12.5 Å². The van der Waals surface area contributed by atoms with Crippen molar-refractivity contribution < 1.29 is 8.42 Å². The van der Waals surface area contributed by atoms with Crippen LogP contribution in [0.1, 0.15) is 50.8 Å². The number of rotatable bonds is 5. The molecule has 6 heteroatoms. The molecule has 1 aliphatic carbocycles. The summed E-state index contributed by atoms with van der Waals surface area (Å²) in [5, 5.41) is 4.04. The Morgan fingerprint density at radius 2 is 2.05 bits per heavy atom. The molecule has 1 aromatic heterocycles. The van der Waals surface area contributed by atoms with Crippen LogP contribution in [0, 0.1) is 0 Å². The molecule has 2 atom stereocenters. The molecule has 0 amide bonds. The van der Waals surface area contributed by atoms with Crippen molar-refractivity contribution in [1.29, 1.82) is 0 Å². The molecule has 0 spiro atoms. The molecule has 2 rings (SSSR count). The zero-order chi connectivity index (χ0) is 14.8. The maximum atomic E-state index is 11.5. The highest BCUT2D eigenvalue weighted by Crippen LogP contribution is 2.27. The molecule has 2 unspecified atom stereocenters. The van der Waals surface area contributed by atoms with Gasteiger partial charge >= 0.3 is 0 Å². The van der Waals surface area contributed by atoms with Gasteiger partial charge in [-0.2, -0.15) is 5.10 Å². The minimum absolute atomic E-state index is 0.403. The normalized spacial score (nSPS) is 20.8. The number of aromatic nitrogens is 2. The van der Waals surface area contributed by atoms with E-state index in [9.17, 15) is 8.42 Å². The molecule has 1 fully saturated rings. The highest BCUT2D eigenvalue weighted by atomic mass is 32.2. The fraction of sp³-hybridized carbons (Fsp3) is 0.786. The second-order valence-corrected chi connectivity index (χ2v) is 8.38. The lowest BCUT2D eigenvalue weighted by Gasteiger charge is -2.22. The van der Waals surface area contributed by atoms with Gasteiger partial charge in [0, 0.05) is 24.9 Å². The lowest BCUT2D eigenvalue weighted by molar-refractivity contribution is 0.327. The lowest BCUT2D eigenvalue weighted by Crippen LogP contribution is -2.39. The van der Waals surface area contributed by atoms with E-state index in [0.717, 1.165) is 5.69 Å². The number of nitrogens with two attached hydrogens (primary N) is 1. The van der Waals surface area contributed by atoms with E-state index in [1.54, 1.807) is 6.92 Å². The summed E-state index contributed by atoms with van der Waals surface area (Å²) in [7, 11) is -3.10. The Morgan fingerprint density at radius 1 is 1.40 bits per heavy atom.